The minimum Gasteiger partial charge on any atom is -0.476 e. The fourth-order valence-corrected chi connectivity index (χ4v) is 2.75. The van der Waals surface area contributed by atoms with E-state index in [4.69, 9.17) is 5.11 Å². The minimum absolute atomic E-state index is 0.0237. The van der Waals surface area contributed by atoms with Crippen LogP contribution in [0.15, 0.2) is 33.4 Å². The van der Waals surface area contributed by atoms with Crippen molar-refractivity contribution in [3.63, 3.8) is 0 Å². The Morgan fingerprint density at radius 3 is 2.69 bits per heavy atom. The van der Waals surface area contributed by atoms with E-state index in [-0.39, 0.29) is 5.69 Å². The first-order valence-electron chi connectivity index (χ1n) is 4.47. The fourth-order valence-electron chi connectivity index (χ4n) is 1.09. The summed E-state index contributed by atoms with van der Waals surface area (Å²) in [7, 11) is 0. The molecule has 0 aliphatic heterocycles. The highest BCUT2D eigenvalue weighted by molar-refractivity contribution is 8.01. The Morgan fingerprint density at radius 2 is 2.06 bits per heavy atom. The van der Waals surface area contributed by atoms with Gasteiger partial charge < -0.3 is 5.11 Å². The second kappa shape index (κ2) is 4.63. The van der Waals surface area contributed by atoms with Crippen LogP contribution in [0.4, 0.5) is 0 Å². The molecule has 1 N–H and O–H groups in total. The highest BCUT2D eigenvalue weighted by Gasteiger charge is 2.15. The molecule has 82 valence electrons. The van der Waals surface area contributed by atoms with Crippen LogP contribution in [-0.4, -0.2) is 20.7 Å². The molecule has 1 heterocycles. The average Bonchev–Trinajstić information content (AvgIpc) is 2.69. The van der Waals surface area contributed by atoms with Crippen LogP contribution in [0.2, 0.25) is 0 Å². The Bertz CT molecular complexity index is 508. The van der Waals surface area contributed by atoms with Crippen LogP contribution in [0, 0.1) is 6.92 Å². The number of aryl methyl sites for hydroxylation is 1. The molecule has 0 aliphatic rings. The quantitative estimate of drug-likeness (QED) is 0.910. The second-order valence-electron chi connectivity index (χ2n) is 3.13. The van der Waals surface area contributed by atoms with Gasteiger partial charge >= 0.3 is 5.97 Å². The maximum absolute atomic E-state index is 10.8. The summed E-state index contributed by atoms with van der Waals surface area (Å²) in [5, 5.41) is 12.4. The van der Waals surface area contributed by atoms with Crippen LogP contribution in [0.25, 0.3) is 0 Å². The Hall–Kier alpha value is -1.40. The molecule has 0 bridgehead atoms. The van der Waals surface area contributed by atoms with Crippen molar-refractivity contribution in [1.82, 2.24) is 9.59 Å². The van der Waals surface area contributed by atoms with Crippen molar-refractivity contribution in [2.45, 2.75) is 16.0 Å². The molecule has 16 heavy (non-hydrogen) atoms. The summed E-state index contributed by atoms with van der Waals surface area (Å²) >= 11 is 2.47. The molecule has 0 saturated heterocycles. The monoisotopic (exact) mass is 252 g/mol. The van der Waals surface area contributed by atoms with Crippen LogP contribution in [0.5, 0.6) is 0 Å². The van der Waals surface area contributed by atoms with E-state index >= 15 is 0 Å². The molecule has 4 nitrogen and oxygen atoms in total. The number of hydrogen-bond acceptors (Lipinski definition) is 5. The molecule has 1 aromatic heterocycles. The number of carboxylic acids is 1. The van der Waals surface area contributed by atoms with Gasteiger partial charge in [0.25, 0.3) is 0 Å². The van der Waals surface area contributed by atoms with E-state index in [0.717, 1.165) is 16.4 Å². The number of hydrogen-bond donors (Lipinski definition) is 1. The first-order valence-corrected chi connectivity index (χ1v) is 6.06. The van der Waals surface area contributed by atoms with Crippen LogP contribution in [0.1, 0.15) is 16.1 Å². The van der Waals surface area contributed by atoms with E-state index in [9.17, 15) is 4.79 Å². The summed E-state index contributed by atoms with van der Waals surface area (Å²) in [5.74, 6) is -1.04. The molecule has 0 amide bonds. The van der Waals surface area contributed by atoms with E-state index in [1.54, 1.807) is 0 Å². The maximum atomic E-state index is 10.8. The predicted octanol–water partition coefficient (Wildman–Crippen LogP) is 2.70. The maximum Gasteiger partial charge on any atom is 0.358 e. The summed E-state index contributed by atoms with van der Waals surface area (Å²) in [6.45, 7) is 2.01. The third kappa shape index (κ3) is 2.40. The molecule has 2 rings (SSSR count). The Morgan fingerprint density at radius 1 is 1.38 bits per heavy atom. The lowest BCUT2D eigenvalue weighted by molar-refractivity contribution is 0.0687. The molecule has 0 fully saturated rings. The van der Waals surface area contributed by atoms with Crippen molar-refractivity contribution in [1.29, 1.82) is 0 Å². The summed E-state index contributed by atoms with van der Waals surface area (Å²) in [6.07, 6.45) is 0. The van der Waals surface area contributed by atoms with Crippen molar-refractivity contribution < 1.29 is 9.90 Å². The molecule has 2 aromatic rings. The lowest BCUT2D eigenvalue weighted by Gasteiger charge is -1.99. The molecule has 0 unspecified atom stereocenters. The van der Waals surface area contributed by atoms with Gasteiger partial charge in [0, 0.05) is 4.90 Å². The topological polar surface area (TPSA) is 63.1 Å². The number of nitrogens with zero attached hydrogens (tertiary/aromatic N) is 2. The summed E-state index contributed by atoms with van der Waals surface area (Å²) in [6, 6.07) is 7.87. The van der Waals surface area contributed by atoms with Gasteiger partial charge in [-0.1, -0.05) is 33.9 Å². The van der Waals surface area contributed by atoms with Crippen molar-refractivity contribution in [3.05, 3.63) is 35.5 Å². The van der Waals surface area contributed by atoms with Crippen molar-refractivity contribution in [2.24, 2.45) is 0 Å². The van der Waals surface area contributed by atoms with Gasteiger partial charge in [0.15, 0.2) is 5.69 Å². The first kappa shape index (κ1) is 11.1. The molecule has 0 radical (unpaired) electrons. The SMILES string of the molecule is Cc1ccc(Sc2snnc2C(=O)O)cc1. The van der Waals surface area contributed by atoms with Gasteiger partial charge in [0.1, 0.15) is 4.21 Å². The molecule has 0 saturated carbocycles. The molecule has 6 heteroatoms. The number of carbonyl (C=O) groups is 1. The van der Waals surface area contributed by atoms with Crippen molar-refractivity contribution >= 4 is 29.3 Å². The van der Waals surface area contributed by atoms with Gasteiger partial charge in [-0.25, -0.2) is 4.79 Å². The molecular formula is C10H8N2O2S2. The van der Waals surface area contributed by atoms with Gasteiger partial charge in [-0.2, -0.15) is 0 Å². The third-order valence-corrected chi connectivity index (χ3v) is 3.77. The zero-order valence-electron chi connectivity index (χ0n) is 8.38. The fraction of sp³-hybridized carbons (Fsp3) is 0.100. The van der Waals surface area contributed by atoms with Gasteiger partial charge in [-0.15, -0.1) is 5.10 Å². The van der Waals surface area contributed by atoms with Crippen LogP contribution >= 0.6 is 23.3 Å². The number of aromatic carboxylic acids is 1. The molecule has 0 atom stereocenters. The lowest BCUT2D eigenvalue weighted by atomic mass is 10.2. The predicted molar refractivity (Wildman–Crippen MR) is 62.2 cm³/mol. The number of benzene rings is 1. The zero-order valence-corrected chi connectivity index (χ0v) is 10.0. The molecule has 1 aromatic carbocycles. The van der Waals surface area contributed by atoms with Crippen LogP contribution < -0.4 is 0 Å². The summed E-state index contributed by atoms with van der Waals surface area (Å²) < 4.78 is 4.25. The minimum atomic E-state index is -1.04. The van der Waals surface area contributed by atoms with Crippen LogP contribution in [0.3, 0.4) is 0 Å². The Kier molecular flexibility index (Phi) is 3.21. The Labute approximate surface area is 100 Å². The number of carboxylic acid groups (broad SMARTS) is 1. The Balaban J connectivity index is 2.23. The standard InChI is InChI=1S/C10H8N2O2S2/c1-6-2-4-7(5-3-6)15-10-8(9(13)14)11-12-16-10/h2-5H,1H3,(H,13,14). The number of aromatic nitrogens is 2. The van der Waals surface area contributed by atoms with E-state index in [1.807, 2.05) is 31.2 Å². The van der Waals surface area contributed by atoms with E-state index < -0.39 is 5.97 Å². The average molecular weight is 252 g/mol. The first-order chi connectivity index (χ1) is 7.66. The summed E-state index contributed by atoms with van der Waals surface area (Å²) in [4.78, 5) is 11.8. The lowest BCUT2D eigenvalue weighted by Crippen LogP contribution is -1.97. The van der Waals surface area contributed by atoms with E-state index in [1.165, 1.54) is 17.3 Å². The highest BCUT2D eigenvalue weighted by Crippen LogP contribution is 2.32. The zero-order chi connectivity index (χ0) is 11.5. The van der Waals surface area contributed by atoms with E-state index in [0.29, 0.717) is 4.21 Å². The molecular weight excluding hydrogens is 244 g/mol. The second-order valence-corrected chi connectivity index (χ2v) is 5.23. The highest BCUT2D eigenvalue weighted by atomic mass is 32.2. The summed E-state index contributed by atoms with van der Waals surface area (Å²) in [5.41, 5.74) is 1.20. The van der Waals surface area contributed by atoms with E-state index in [2.05, 4.69) is 9.59 Å². The van der Waals surface area contributed by atoms with Crippen molar-refractivity contribution in [3.8, 4) is 0 Å². The number of rotatable bonds is 3. The smallest absolute Gasteiger partial charge is 0.358 e. The normalized spacial score (nSPS) is 10.3. The van der Waals surface area contributed by atoms with Gasteiger partial charge in [-0.3, -0.25) is 0 Å². The molecule has 0 spiro atoms. The van der Waals surface area contributed by atoms with Crippen molar-refractivity contribution in [2.75, 3.05) is 0 Å². The van der Waals surface area contributed by atoms with Gasteiger partial charge in [0.05, 0.1) is 0 Å². The van der Waals surface area contributed by atoms with Gasteiger partial charge in [0.2, 0.25) is 0 Å². The van der Waals surface area contributed by atoms with Crippen LogP contribution in [-0.2, 0) is 0 Å². The molecule has 0 aliphatic carbocycles. The van der Waals surface area contributed by atoms with Gasteiger partial charge in [-0.05, 0) is 30.6 Å². The third-order valence-electron chi connectivity index (χ3n) is 1.89. The largest absolute Gasteiger partial charge is 0.476 e.